The summed E-state index contributed by atoms with van der Waals surface area (Å²) in [6, 6.07) is -0.829. The first kappa shape index (κ1) is 53.6. The average molecular weight is 774 g/mol. The second kappa shape index (κ2) is 45.3. The molecule has 0 aromatic heterocycles. The van der Waals surface area contributed by atoms with Crippen LogP contribution in [0.25, 0.3) is 0 Å². The Hall–Kier alpha value is -1.43. The molecular formula is C50H95NO4. The molecule has 0 bridgehead atoms. The van der Waals surface area contributed by atoms with Gasteiger partial charge in [0.1, 0.15) is 6.10 Å². The molecule has 4 N–H and O–H groups in total. The van der Waals surface area contributed by atoms with E-state index in [2.05, 4.69) is 42.6 Å². The fraction of sp³-hybridized carbons (Fsp3) is 0.860. The average Bonchev–Trinajstić information content (AvgIpc) is 3.19. The molecule has 0 spiro atoms. The zero-order chi connectivity index (χ0) is 40.1. The van der Waals surface area contributed by atoms with E-state index in [1.54, 1.807) is 0 Å². The zero-order valence-electron chi connectivity index (χ0n) is 36.8. The minimum atomic E-state index is -1.16. The first-order valence-corrected chi connectivity index (χ1v) is 24.2. The van der Waals surface area contributed by atoms with Crippen molar-refractivity contribution in [2.24, 2.45) is 0 Å². The highest BCUT2D eigenvalue weighted by molar-refractivity contribution is 5.76. The van der Waals surface area contributed by atoms with E-state index in [1.807, 2.05) is 13.0 Å². The predicted octanol–water partition coefficient (Wildman–Crippen LogP) is 14.3. The molecule has 5 nitrogen and oxygen atoms in total. The van der Waals surface area contributed by atoms with Gasteiger partial charge in [-0.25, -0.2) is 0 Å². The number of nitrogens with one attached hydrogen (secondary N) is 1. The molecule has 0 aromatic carbocycles. The predicted molar refractivity (Wildman–Crippen MR) is 241 cm³/mol. The van der Waals surface area contributed by atoms with Crippen LogP contribution in [-0.4, -0.2) is 46.1 Å². The minimum absolute atomic E-state index is 0.159. The summed E-state index contributed by atoms with van der Waals surface area (Å²) in [5.41, 5.74) is 0. The lowest BCUT2D eigenvalue weighted by Crippen LogP contribution is -2.50. The summed E-state index contributed by atoms with van der Waals surface area (Å²) in [4.78, 5) is 12.4. The Bertz CT molecular complexity index is 855. The number of aliphatic hydroxyl groups excluding tert-OH is 3. The fourth-order valence-corrected chi connectivity index (χ4v) is 7.53. The molecule has 1 amide bonds. The highest BCUT2D eigenvalue weighted by Crippen LogP contribution is 2.16. The van der Waals surface area contributed by atoms with Gasteiger partial charge in [0.15, 0.2) is 0 Å². The molecule has 0 saturated carbocycles. The van der Waals surface area contributed by atoms with Crippen LogP contribution in [0, 0.1) is 0 Å². The molecule has 0 aliphatic carbocycles. The molecule has 3 unspecified atom stereocenters. The largest absolute Gasteiger partial charge is 0.394 e. The van der Waals surface area contributed by atoms with Crippen LogP contribution in [0.3, 0.4) is 0 Å². The van der Waals surface area contributed by atoms with E-state index in [4.69, 9.17) is 0 Å². The van der Waals surface area contributed by atoms with Crippen molar-refractivity contribution in [1.29, 1.82) is 0 Å². The molecule has 0 radical (unpaired) electrons. The van der Waals surface area contributed by atoms with E-state index in [0.717, 1.165) is 44.9 Å². The zero-order valence-corrected chi connectivity index (χ0v) is 36.8. The highest BCUT2D eigenvalue weighted by Gasteiger charge is 2.26. The second-order valence-electron chi connectivity index (χ2n) is 16.7. The van der Waals surface area contributed by atoms with Gasteiger partial charge in [-0.05, 0) is 71.1 Å². The quantitative estimate of drug-likeness (QED) is 0.0367. The molecule has 0 aliphatic heterocycles. The van der Waals surface area contributed by atoms with Crippen LogP contribution >= 0.6 is 0 Å². The summed E-state index contributed by atoms with van der Waals surface area (Å²) >= 11 is 0. The number of carbonyl (C=O) groups is 1. The molecule has 0 aromatic rings. The van der Waals surface area contributed by atoms with Gasteiger partial charge < -0.3 is 20.6 Å². The van der Waals surface area contributed by atoms with E-state index in [-0.39, 0.29) is 12.5 Å². The Labute approximate surface area is 343 Å². The summed E-state index contributed by atoms with van der Waals surface area (Å²) in [5.74, 6) is -0.159. The summed E-state index contributed by atoms with van der Waals surface area (Å²) in [5, 5.41) is 33.3. The van der Waals surface area contributed by atoms with Gasteiger partial charge in [-0.3, -0.25) is 4.79 Å². The van der Waals surface area contributed by atoms with Gasteiger partial charge in [-0.15, -0.1) is 0 Å². The van der Waals surface area contributed by atoms with Gasteiger partial charge in [0.05, 0.1) is 18.8 Å². The van der Waals surface area contributed by atoms with Gasteiger partial charge in [-0.2, -0.15) is 0 Å². The van der Waals surface area contributed by atoms with Crippen LogP contribution in [-0.2, 0) is 4.79 Å². The Morgan fingerprint density at radius 3 is 1.22 bits per heavy atom. The van der Waals surface area contributed by atoms with Crippen molar-refractivity contribution in [3.8, 4) is 0 Å². The van der Waals surface area contributed by atoms with Crippen LogP contribution in [0.1, 0.15) is 251 Å². The summed E-state index contributed by atoms with van der Waals surface area (Å²) in [6.45, 7) is 3.93. The van der Waals surface area contributed by atoms with Crippen molar-refractivity contribution in [3.63, 3.8) is 0 Å². The van der Waals surface area contributed by atoms with E-state index in [0.29, 0.717) is 12.8 Å². The van der Waals surface area contributed by atoms with Crippen molar-refractivity contribution < 1.29 is 20.1 Å². The third-order valence-corrected chi connectivity index (χ3v) is 11.3. The van der Waals surface area contributed by atoms with E-state index < -0.39 is 18.2 Å². The number of hydrogen-bond acceptors (Lipinski definition) is 4. The number of amides is 1. The number of aliphatic hydroxyl groups is 3. The second-order valence-corrected chi connectivity index (χ2v) is 16.7. The van der Waals surface area contributed by atoms with Gasteiger partial charge >= 0.3 is 0 Å². The van der Waals surface area contributed by atoms with Crippen LogP contribution in [0.15, 0.2) is 36.5 Å². The smallest absolute Gasteiger partial charge is 0.220 e. The topological polar surface area (TPSA) is 89.8 Å². The normalized spacial score (nSPS) is 13.8. The van der Waals surface area contributed by atoms with Crippen LogP contribution in [0.5, 0.6) is 0 Å². The van der Waals surface area contributed by atoms with Crippen molar-refractivity contribution in [2.45, 2.75) is 270 Å². The molecule has 0 aliphatic rings. The fourth-order valence-electron chi connectivity index (χ4n) is 7.53. The van der Waals surface area contributed by atoms with Crippen molar-refractivity contribution in [2.75, 3.05) is 6.61 Å². The lowest BCUT2D eigenvalue weighted by Gasteiger charge is -2.26. The number of unbranched alkanes of at least 4 members (excludes halogenated alkanes) is 31. The van der Waals surface area contributed by atoms with Crippen LogP contribution < -0.4 is 5.32 Å². The molecule has 0 saturated heterocycles. The number of allylic oxidation sites excluding steroid dienone is 6. The molecule has 0 fully saturated rings. The first-order valence-electron chi connectivity index (χ1n) is 24.2. The van der Waals surface area contributed by atoms with E-state index in [9.17, 15) is 20.1 Å². The van der Waals surface area contributed by atoms with Gasteiger partial charge in [0.2, 0.25) is 5.91 Å². The molecule has 5 heteroatoms. The summed E-state index contributed by atoms with van der Waals surface area (Å²) in [7, 11) is 0. The molecule has 3 atom stereocenters. The maximum absolute atomic E-state index is 12.4. The number of rotatable bonds is 44. The first-order chi connectivity index (χ1) is 27.1. The Morgan fingerprint density at radius 2 is 0.818 bits per heavy atom. The molecule has 55 heavy (non-hydrogen) atoms. The highest BCUT2D eigenvalue weighted by atomic mass is 16.3. The maximum atomic E-state index is 12.4. The standard InChI is InChI=1S/C50H95NO4/c1-3-5-7-9-11-13-14-15-16-17-18-19-20-21-22-23-24-25-26-27-28-29-30-31-32-33-34-35-36-37-39-41-43-45-49(54)51-47(46-52)50(55)48(53)44-42-40-38-12-10-8-6-4-2/h4,6,12,21-22,38,47-48,50,52-53,55H,3,5,7-11,13-20,23-37,39-46H2,1-2H3,(H,51,54)/b6-4+,22-21-,38-12+. The van der Waals surface area contributed by atoms with Gasteiger partial charge in [0, 0.05) is 6.42 Å². The lowest BCUT2D eigenvalue weighted by atomic mass is 10.0. The third kappa shape index (κ3) is 40.6. The summed E-state index contributed by atoms with van der Waals surface area (Å²) < 4.78 is 0. The molecular weight excluding hydrogens is 679 g/mol. The molecule has 0 heterocycles. The van der Waals surface area contributed by atoms with Crippen molar-refractivity contribution >= 4 is 5.91 Å². The molecule has 0 rings (SSSR count). The lowest BCUT2D eigenvalue weighted by molar-refractivity contribution is -0.124. The number of carbonyl (C=O) groups excluding carboxylic acids is 1. The monoisotopic (exact) mass is 774 g/mol. The maximum Gasteiger partial charge on any atom is 0.220 e. The Balaban J connectivity index is 3.44. The molecule has 324 valence electrons. The third-order valence-electron chi connectivity index (χ3n) is 11.3. The number of hydrogen-bond donors (Lipinski definition) is 4. The van der Waals surface area contributed by atoms with Crippen LogP contribution in [0.4, 0.5) is 0 Å². The SMILES string of the molecule is C/C=C/CC/C=C/CCCC(O)C(O)C(CO)NC(=O)CCCCCCCCCCCCCCCCCCC/C=C\CCCCCCCCCCCCCC. The van der Waals surface area contributed by atoms with Gasteiger partial charge in [0.25, 0.3) is 0 Å². The Morgan fingerprint density at radius 1 is 0.473 bits per heavy atom. The van der Waals surface area contributed by atoms with Gasteiger partial charge in [-0.1, -0.05) is 210 Å². The van der Waals surface area contributed by atoms with Crippen molar-refractivity contribution in [1.82, 2.24) is 5.32 Å². The van der Waals surface area contributed by atoms with Crippen molar-refractivity contribution in [3.05, 3.63) is 36.5 Å². The van der Waals surface area contributed by atoms with E-state index >= 15 is 0 Å². The Kier molecular flexibility index (Phi) is 44.1. The van der Waals surface area contributed by atoms with E-state index in [1.165, 1.54) is 180 Å². The minimum Gasteiger partial charge on any atom is -0.394 e. The summed E-state index contributed by atoms with van der Waals surface area (Å²) in [6.07, 6.45) is 57.6. The van der Waals surface area contributed by atoms with Crippen LogP contribution in [0.2, 0.25) is 0 Å².